The van der Waals surface area contributed by atoms with E-state index < -0.39 is 15.4 Å². The van der Waals surface area contributed by atoms with Crippen LogP contribution in [0.15, 0.2) is 24.3 Å². The molecule has 0 unspecified atom stereocenters. The van der Waals surface area contributed by atoms with Crippen molar-refractivity contribution in [3.8, 4) is 5.75 Å². The average Bonchev–Trinajstić information content (AvgIpc) is 2.48. The van der Waals surface area contributed by atoms with E-state index in [1.54, 1.807) is 43.0 Å². The minimum absolute atomic E-state index is 0.103. The van der Waals surface area contributed by atoms with E-state index in [0.29, 0.717) is 25.6 Å². The Hall–Kier alpha value is -1.76. The van der Waals surface area contributed by atoms with Crippen LogP contribution in [0.3, 0.4) is 0 Å². The quantitative estimate of drug-likeness (QED) is 0.727. The van der Waals surface area contributed by atoms with Gasteiger partial charge in [-0.2, -0.15) is 8.42 Å². The fourth-order valence-corrected chi connectivity index (χ4v) is 2.60. The maximum absolute atomic E-state index is 12.1. The molecule has 0 atom stereocenters. The second kappa shape index (κ2) is 8.92. The number of amides is 2. The van der Waals surface area contributed by atoms with Gasteiger partial charge >= 0.3 is 16.1 Å². The molecule has 0 heterocycles. The molecule has 7 heteroatoms. The normalized spacial score (nSPS) is 11.6. The van der Waals surface area contributed by atoms with E-state index in [4.69, 9.17) is 4.18 Å². The number of carbonyl (C=O) groups is 1. The molecule has 24 heavy (non-hydrogen) atoms. The van der Waals surface area contributed by atoms with Crippen molar-refractivity contribution >= 4 is 16.1 Å². The summed E-state index contributed by atoms with van der Waals surface area (Å²) < 4.78 is 28.6. The molecule has 1 aromatic rings. The molecular formula is C17H28N2O4S. The molecule has 6 nitrogen and oxygen atoms in total. The fourth-order valence-electron chi connectivity index (χ4n) is 2.02. The number of hydrogen-bond donors (Lipinski definition) is 1. The Kier molecular flexibility index (Phi) is 7.54. The molecule has 0 saturated heterocycles. The number of carbonyl (C=O) groups excluding carboxylic acids is 1. The smallest absolute Gasteiger partial charge is 0.317 e. The minimum Gasteiger partial charge on any atom is -0.382 e. The van der Waals surface area contributed by atoms with Crippen molar-refractivity contribution in [2.45, 2.75) is 46.4 Å². The highest BCUT2D eigenvalue weighted by molar-refractivity contribution is 7.87. The third-order valence-electron chi connectivity index (χ3n) is 3.29. The molecule has 0 fully saturated rings. The zero-order valence-corrected chi connectivity index (χ0v) is 15.9. The summed E-state index contributed by atoms with van der Waals surface area (Å²) in [5.74, 6) is 0.632. The first-order valence-electron chi connectivity index (χ1n) is 8.20. The summed E-state index contributed by atoms with van der Waals surface area (Å²) in [6.07, 6.45) is 0. The van der Waals surface area contributed by atoms with Crippen molar-refractivity contribution in [1.29, 1.82) is 0 Å². The fraction of sp³-hybridized carbons (Fsp3) is 0.588. The lowest BCUT2D eigenvalue weighted by atomic mass is 10.1. The summed E-state index contributed by atoms with van der Waals surface area (Å²) in [5.41, 5.74) is 0.913. The number of urea groups is 1. The van der Waals surface area contributed by atoms with Gasteiger partial charge in [0, 0.05) is 19.6 Å². The van der Waals surface area contributed by atoms with Gasteiger partial charge < -0.3 is 14.4 Å². The topological polar surface area (TPSA) is 75.7 Å². The van der Waals surface area contributed by atoms with E-state index in [-0.39, 0.29) is 11.8 Å². The van der Waals surface area contributed by atoms with Crippen LogP contribution in [-0.4, -0.2) is 37.7 Å². The van der Waals surface area contributed by atoms with Gasteiger partial charge in [0.05, 0.1) is 5.25 Å². The highest BCUT2D eigenvalue weighted by Gasteiger charge is 2.18. The molecule has 0 aliphatic heterocycles. The van der Waals surface area contributed by atoms with Crippen LogP contribution >= 0.6 is 0 Å². The molecule has 0 saturated carbocycles. The first kappa shape index (κ1) is 20.3. The van der Waals surface area contributed by atoms with E-state index in [9.17, 15) is 13.2 Å². The Bertz CT molecular complexity index is 624. The average molecular weight is 356 g/mol. The van der Waals surface area contributed by atoms with Gasteiger partial charge in [-0.3, -0.25) is 0 Å². The van der Waals surface area contributed by atoms with Gasteiger partial charge in [-0.05, 0) is 44.4 Å². The zero-order chi connectivity index (χ0) is 18.3. The summed E-state index contributed by atoms with van der Waals surface area (Å²) >= 11 is 0. The molecule has 0 aromatic heterocycles. The molecule has 1 aromatic carbocycles. The monoisotopic (exact) mass is 356 g/mol. The van der Waals surface area contributed by atoms with Crippen molar-refractivity contribution in [1.82, 2.24) is 10.2 Å². The van der Waals surface area contributed by atoms with Crippen LogP contribution in [0.2, 0.25) is 0 Å². The van der Waals surface area contributed by atoms with Crippen LogP contribution in [0, 0.1) is 5.92 Å². The Morgan fingerprint density at radius 2 is 1.75 bits per heavy atom. The van der Waals surface area contributed by atoms with Gasteiger partial charge in [0.25, 0.3) is 0 Å². The van der Waals surface area contributed by atoms with Gasteiger partial charge in [0.1, 0.15) is 5.75 Å². The van der Waals surface area contributed by atoms with Crippen LogP contribution < -0.4 is 9.50 Å². The molecule has 0 aliphatic carbocycles. The summed E-state index contributed by atoms with van der Waals surface area (Å²) in [4.78, 5) is 13.9. The van der Waals surface area contributed by atoms with Crippen molar-refractivity contribution in [2.75, 3.05) is 13.1 Å². The predicted octanol–water partition coefficient (Wildman–Crippen LogP) is 2.99. The summed E-state index contributed by atoms with van der Waals surface area (Å²) in [5, 5.41) is 2.21. The van der Waals surface area contributed by atoms with Gasteiger partial charge in [-0.25, -0.2) is 4.79 Å². The van der Waals surface area contributed by atoms with E-state index in [1.165, 1.54) is 0 Å². The molecule has 0 aliphatic rings. The zero-order valence-electron chi connectivity index (χ0n) is 15.1. The largest absolute Gasteiger partial charge is 0.382 e. The second-order valence-corrected chi connectivity index (χ2v) is 8.47. The summed E-state index contributed by atoms with van der Waals surface area (Å²) in [6, 6.07) is 6.67. The van der Waals surface area contributed by atoms with E-state index in [0.717, 1.165) is 5.56 Å². The van der Waals surface area contributed by atoms with Gasteiger partial charge in [-0.15, -0.1) is 0 Å². The predicted molar refractivity (Wildman–Crippen MR) is 95.4 cm³/mol. The number of rotatable bonds is 8. The highest BCUT2D eigenvalue weighted by atomic mass is 32.2. The Morgan fingerprint density at radius 3 is 2.21 bits per heavy atom. The first-order valence-corrected chi connectivity index (χ1v) is 9.67. The molecule has 0 radical (unpaired) electrons. The minimum atomic E-state index is -3.60. The number of benzene rings is 1. The van der Waals surface area contributed by atoms with Gasteiger partial charge in [0.2, 0.25) is 0 Å². The van der Waals surface area contributed by atoms with Crippen molar-refractivity contribution in [3.05, 3.63) is 29.8 Å². The molecule has 0 bridgehead atoms. The van der Waals surface area contributed by atoms with Crippen LogP contribution in [0.1, 0.15) is 40.2 Å². The molecule has 1 rings (SSSR count). The summed E-state index contributed by atoms with van der Waals surface area (Å²) in [6.45, 7) is 10.8. The van der Waals surface area contributed by atoms with Crippen LogP contribution in [0.4, 0.5) is 4.79 Å². The van der Waals surface area contributed by atoms with E-state index >= 15 is 0 Å². The van der Waals surface area contributed by atoms with Gasteiger partial charge in [-0.1, -0.05) is 26.0 Å². The van der Waals surface area contributed by atoms with Crippen LogP contribution in [0.5, 0.6) is 5.75 Å². The number of hydrogen-bond acceptors (Lipinski definition) is 4. The third-order valence-corrected chi connectivity index (χ3v) is 4.87. The highest BCUT2D eigenvalue weighted by Crippen LogP contribution is 2.18. The Labute approximate surface area is 145 Å². The first-order chi connectivity index (χ1) is 11.2. The number of nitrogens with one attached hydrogen (secondary N) is 1. The SMILES string of the molecule is CCNC(=O)N(Cc1ccc(OS(=O)(=O)C(C)C)cc1)CC(C)C. The molecule has 0 spiro atoms. The Balaban J connectivity index is 2.81. The summed E-state index contributed by atoms with van der Waals surface area (Å²) in [7, 11) is -3.60. The molecule has 2 amide bonds. The maximum Gasteiger partial charge on any atom is 0.317 e. The Morgan fingerprint density at radius 1 is 1.17 bits per heavy atom. The molecule has 1 N–H and O–H groups in total. The molecule has 136 valence electrons. The van der Waals surface area contributed by atoms with Crippen LogP contribution in [0.25, 0.3) is 0 Å². The lowest BCUT2D eigenvalue weighted by Gasteiger charge is -2.25. The van der Waals surface area contributed by atoms with Crippen molar-refractivity contribution in [3.63, 3.8) is 0 Å². The third kappa shape index (κ3) is 6.39. The maximum atomic E-state index is 12.1. The standard InChI is InChI=1S/C17H28N2O4S/c1-6-18-17(20)19(11-13(2)3)12-15-7-9-16(10-8-15)23-24(21,22)14(4)5/h7-10,13-14H,6,11-12H2,1-5H3,(H,18,20). The van der Waals surface area contributed by atoms with Gasteiger partial charge in [0.15, 0.2) is 0 Å². The molecular weight excluding hydrogens is 328 g/mol. The van der Waals surface area contributed by atoms with Crippen molar-refractivity contribution in [2.24, 2.45) is 5.92 Å². The second-order valence-electron chi connectivity index (χ2n) is 6.38. The van der Waals surface area contributed by atoms with E-state index in [2.05, 4.69) is 19.2 Å². The van der Waals surface area contributed by atoms with Crippen molar-refractivity contribution < 1.29 is 17.4 Å². The van der Waals surface area contributed by atoms with Crippen LogP contribution in [-0.2, 0) is 16.7 Å². The van der Waals surface area contributed by atoms with E-state index in [1.807, 2.05) is 6.92 Å². The lowest BCUT2D eigenvalue weighted by Crippen LogP contribution is -2.41. The number of nitrogens with zero attached hydrogens (tertiary/aromatic N) is 1. The lowest BCUT2D eigenvalue weighted by molar-refractivity contribution is 0.188.